The number of benzene rings is 2. The van der Waals surface area contributed by atoms with Gasteiger partial charge in [0.2, 0.25) is 0 Å². The molecule has 2 atom stereocenters. The van der Waals surface area contributed by atoms with Crippen LogP contribution in [0.5, 0.6) is 11.5 Å². The maximum absolute atomic E-state index is 10.5. The van der Waals surface area contributed by atoms with Crippen LogP contribution in [0.2, 0.25) is 5.02 Å². The summed E-state index contributed by atoms with van der Waals surface area (Å²) >= 11 is 5.91. The lowest BCUT2D eigenvalue weighted by atomic mass is 9.81. The summed E-state index contributed by atoms with van der Waals surface area (Å²) in [5, 5.41) is 31.3. The van der Waals surface area contributed by atoms with Gasteiger partial charge in [-0.05, 0) is 48.7 Å². The van der Waals surface area contributed by atoms with E-state index in [0.29, 0.717) is 29.3 Å². The van der Waals surface area contributed by atoms with Crippen molar-refractivity contribution in [3.8, 4) is 11.5 Å². The number of halogens is 1. The average Bonchev–Trinajstić information content (AvgIpc) is 2.65. The molecule has 0 amide bonds. The lowest BCUT2D eigenvalue weighted by Gasteiger charge is -2.46. The van der Waals surface area contributed by atoms with Gasteiger partial charge in [0, 0.05) is 36.6 Å². The van der Waals surface area contributed by atoms with Gasteiger partial charge < -0.3 is 25.0 Å². The Hall–Kier alpha value is -1.79. The standard InChI is InChI=1S/C21H24ClNO4/c22-15-3-1-14(2-4-15)19(26)13-23-9-7-21(8-10-23)12-18(25)17-11-16(24)5-6-20(17)27-21/h1-6,11,18-19,24-26H,7-10,12-13H2/t18-,19-/m0/s1. The smallest absolute Gasteiger partial charge is 0.126 e. The van der Waals surface area contributed by atoms with Crippen LogP contribution in [-0.2, 0) is 0 Å². The Balaban J connectivity index is 1.39. The minimum absolute atomic E-state index is 0.137. The molecule has 6 heteroatoms. The van der Waals surface area contributed by atoms with Crippen LogP contribution in [0.15, 0.2) is 42.5 Å². The van der Waals surface area contributed by atoms with E-state index in [1.54, 1.807) is 30.3 Å². The molecule has 2 aliphatic rings. The molecule has 3 N–H and O–H groups in total. The number of aromatic hydroxyl groups is 1. The summed E-state index contributed by atoms with van der Waals surface area (Å²) in [6, 6.07) is 12.2. The van der Waals surface area contributed by atoms with Gasteiger partial charge in [0.1, 0.15) is 17.1 Å². The van der Waals surface area contributed by atoms with Crippen molar-refractivity contribution in [3.05, 3.63) is 58.6 Å². The summed E-state index contributed by atoms with van der Waals surface area (Å²) in [6.07, 6.45) is 0.914. The lowest BCUT2D eigenvalue weighted by molar-refractivity contribution is -0.0588. The highest BCUT2D eigenvalue weighted by Crippen LogP contribution is 2.45. The third kappa shape index (κ3) is 3.92. The predicted octanol–water partition coefficient (Wildman–Crippen LogP) is 3.43. The number of hydrogen-bond donors (Lipinski definition) is 3. The van der Waals surface area contributed by atoms with Crippen LogP contribution in [0.1, 0.15) is 42.6 Å². The topological polar surface area (TPSA) is 73.2 Å². The Bertz CT molecular complexity index is 802. The maximum Gasteiger partial charge on any atom is 0.126 e. The highest BCUT2D eigenvalue weighted by atomic mass is 35.5. The Morgan fingerprint density at radius 3 is 2.56 bits per heavy atom. The Morgan fingerprint density at radius 2 is 1.85 bits per heavy atom. The van der Waals surface area contributed by atoms with E-state index in [-0.39, 0.29) is 11.4 Å². The molecule has 0 aliphatic carbocycles. The quantitative estimate of drug-likeness (QED) is 0.750. The van der Waals surface area contributed by atoms with Crippen molar-refractivity contribution in [3.63, 3.8) is 0 Å². The first kappa shape index (κ1) is 18.6. The largest absolute Gasteiger partial charge is 0.508 e. The monoisotopic (exact) mass is 389 g/mol. The average molecular weight is 390 g/mol. The third-order valence-corrected chi connectivity index (χ3v) is 5.95. The molecule has 0 radical (unpaired) electrons. The van der Waals surface area contributed by atoms with E-state index in [1.807, 2.05) is 12.1 Å². The van der Waals surface area contributed by atoms with Gasteiger partial charge in [0.05, 0.1) is 12.2 Å². The molecule has 2 heterocycles. The first-order valence-corrected chi connectivity index (χ1v) is 9.68. The fourth-order valence-electron chi connectivity index (χ4n) is 4.11. The number of phenols is 1. The highest BCUT2D eigenvalue weighted by molar-refractivity contribution is 6.30. The molecule has 2 aromatic carbocycles. The summed E-state index contributed by atoms with van der Waals surface area (Å²) in [5.74, 6) is 0.791. The van der Waals surface area contributed by atoms with E-state index in [4.69, 9.17) is 16.3 Å². The van der Waals surface area contributed by atoms with Crippen molar-refractivity contribution in [1.29, 1.82) is 0 Å². The van der Waals surface area contributed by atoms with Gasteiger partial charge in [-0.2, -0.15) is 0 Å². The molecule has 144 valence electrons. The molecule has 0 bridgehead atoms. The Kier molecular flexibility index (Phi) is 5.03. The van der Waals surface area contributed by atoms with Gasteiger partial charge in [0.15, 0.2) is 0 Å². The molecule has 1 spiro atoms. The number of rotatable bonds is 3. The van der Waals surface area contributed by atoms with E-state index in [2.05, 4.69) is 4.90 Å². The van der Waals surface area contributed by atoms with Crippen molar-refractivity contribution in [2.75, 3.05) is 19.6 Å². The molecule has 0 aromatic heterocycles. The summed E-state index contributed by atoms with van der Waals surface area (Å²) in [7, 11) is 0. The molecule has 2 aromatic rings. The fourth-order valence-corrected chi connectivity index (χ4v) is 4.24. The molecule has 0 unspecified atom stereocenters. The molecule has 2 aliphatic heterocycles. The number of nitrogens with zero attached hydrogens (tertiary/aromatic N) is 1. The first-order valence-electron chi connectivity index (χ1n) is 9.30. The maximum atomic E-state index is 10.5. The number of phenolic OH excluding ortho intramolecular Hbond substituents is 1. The van der Waals surface area contributed by atoms with Crippen LogP contribution in [0.3, 0.4) is 0 Å². The number of aliphatic hydroxyl groups is 2. The van der Waals surface area contributed by atoms with E-state index >= 15 is 0 Å². The van der Waals surface area contributed by atoms with Crippen molar-refractivity contribution in [1.82, 2.24) is 4.90 Å². The second kappa shape index (κ2) is 7.32. The number of aliphatic hydroxyl groups excluding tert-OH is 2. The molecule has 1 fully saturated rings. The van der Waals surface area contributed by atoms with Crippen molar-refractivity contribution >= 4 is 11.6 Å². The van der Waals surface area contributed by atoms with Crippen molar-refractivity contribution < 1.29 is 20.1 Å². The molecule has 4 rings (SSSR count). The summed E-state index contributed by atoms with van der Waals surface area (Å²) in [6.45, 7) is 2.15. The summed E-state index contributed by atoms with van der Waals surface area (Å²) in [5.41, 5.74) is 1.13. The molecule has 5 nitrogen and oxygen atoms in total. The normalized spacial score (nSPS) is 22.9. The van der Waals surface area contributed by atoms with Gasteiger partial charge in [-0.1, -0.05) is 23.7 Å². The van der Waals surface area contributed by atoms with Gasteiger partial charge in [-0.15, -0.1) is 0 Å². The van der Waals surface area contributed by atoms with E-state index in [9.17, 15) is 15.3 Å². The minimum Gasteiger partial charge on any atom is -0.508 e. The van der Waals surface area contributed by atoms with Crippen LogP contribution in [0.4, 0.5) is 0 Å². The second-order valence-electron chi connectivity index (χ2n) is 7.60. The van der Waals surface area contributed by atoms with E-state index in [1.165, 1.54) is 0 Å². The molecular formula is C21H24ClNO4. The lowest BCUT2D eigenvalue weighted by Crippen LogP contribution is -2.51. The zero-order valence-corrected chi connectivity index (χ0v) is 15.8. The zero-order chi connectivity index (χ0) is 19.0. The van der Waals surface area contributed by atoms with Crippen LogP contribution in [-0.4, -0.2) is 45.5 Å². The van der Waals surface area contributed by atoms with Crippen LogP contribution >= 0.6 is 11.6 Å². The third-order valence-electron chi connectivity index (χ3n) is 5.70. The SMILES string of the molecule is Oc1ccc2c(c1)[C@@H](O)CC1(CCN(C[C@H](O)c3ccc(Cl)cc3)CC1)O2. The van der Waals surface area contributed by atoms with E-state index < -0.39 is 12.2 Å². The van der Waals surface area contributed by atoms with Gasteiger partial charge in [-0.3, -0.25) is 0 Å². The summed E-state index contributed by atoms with van der Waals surface area (Å²) < 4.78 is 6.26. The van der Waals surface area contributed by atoms with Gasteiger partial charge in [0.25, 0.3) is 0 Å². The number of piperidine rings is 1. The van der Waals surface area contributed by atoms with Crippen LogP contribution < -0.4 is 4.74 Å². The Labute approximate surface area is 163 Å². The van der Waals surface area contributed by atoms with Gasteiger partial charge in [-0.25, -0.2) is 0 Å². The number of β-amino-alcohol motifs (C(OH)–C–C–N with tert-alkyl or cyclic N) is 1. The number of hydrogen-bond acceptors (Lipinski definition) is 5. The highest BCUT2D eigenvalue weighted by Gasteiger charge is 2.43. The molecular weight excluding hydrogens is 366 g/mol. The molecule has 0 saturated carbocycles. The summed E-state index contributed by atoms with van der Waals surface area (Å²) in [4.78, 5) is 2.23. The van der Waals surface area contributed by atoms with Gasteiger partial charge >= 0.3 is 0 Å². The van der Waals surface area contributed by atoms with Crippen molar-refractivity contribution in [2.24, 2.45) is 0 Å². The van der Waals surface area contributed by atoms with Crippen LogP contribution in [0.25, 0.3) is 0 Å². The van der Waals surface area contributed by atoms with E-state index in [0.717, 1.165) is 31.5 Å². The first-order chi connectivity index (χ1) is 12.9. The van der Waals surface area contributed by atoms with Crippen LogP contribution in [0, 0.1) is 0 Å². The van der Waals surface area contributed by atoms with Crippen molar-refractivity contribution in [2.45, 2.75) is 37.1 Å². The minimum atomic E-state index is -0.632. The number of ether oxygens (including phenoxy) is 1. The number of fused-ring (bicyclic) bond motifs is 1. The fraction of sp³-hybridized carbons (Fsp3) is 0.429. The zero-order valence-electron chi connectivity index (χ0n) is 15.0. The predicted molar refractivity (Wildman–Crippen MR) is 103 cm³/mol. The Morgan fingerprint density at radius 1 is 1.15 bits per heavy atom. The number of likely N-dealkylation sites (tertiary alicyclic amines) is 1. The second-order valence-corrected chi connectivity index (χ2v) is 8.03. The molecule has 1 saturated heterocycles. The molecule has 27 heavy (non-hydrogen) atoms.